The van der Waals surface area contributed by atoms with Crippen molar-refractivity contribution in [2.24, 2.45) is 4.99 Å². The van der Waals surface area contributed by atoms with Gasteiger partial charge in [-0.15, -0.1) is 0 Å². The predicted molar refractivity (Wildman–Crippen MR) is 80.9 cm³/mol. The molecule has 8 heteroatoms. The van der Waals surface area contributed by atoms with Gasteiger partial charge in [-0.1, -0.05) is 42.5 Å². The lowest BCUT2D eigenvalue weighted by Gasteiger charge is -2.23. The Bertz CT molecular complexity index is 819. The summed E-state index contributed by atoms with van der Waals surface area (Å²) in [5.74, 6) is -2.40. The smallest absolute Gasteiger partial charge is 0.355 e. The van der Waals surface area contributed by atoms with Gasteiger partial charge in [0.25, 0.3) is 5.91 Å². The molecule has 0 saturated carbocycles. The molecular weight excluding hydrogens is 340 g/mol. The van der Waals surface area contributed by atoms with Crippen molar-refractivity contribution in [3.63, 3.8) is 0 Å². The van der Waals surface area contributed by atoms with E-state index in [1.807, 2.05) is 0 Å². The lowest BCUT2D eigenvalue weighted by atomic mass is 10.1. The standard InChI is InChI=1S/C17H12F4N2O2/c18-13-8-6-11(7-9-13)10-23-14(12-4-2-1-3-5-12)22-16(25,15(23)24)17(19,20)21/h1-9,25H,10H2/t16-/m1/s1. The average molecular weight is 352 g/mol. The van der Waals surface area contributed by atoms with Crippen molar-refractivity contribution in [3.8, 4) is 0 Å². The van der Waals surface area contributed by atoms with Crippen molar-refractivity contribution >= 4 is 11.7 Å². The van der Waals surface area contributed by atoms with E-state index in [-0.39, 0.29) is 17.9 Å². The van der Waals surface area contributed by atoms with Gasteiger partial charge >= 0.3 is 11.9 Å². The summed E-state index contributed by atoms with van der Waals surface area (Å²) in [5.41, 5.74) is -3.19. The highest BCUT2D eigenvalue weighted by Crippen LogP contribution is 2.38. The number of aliphatic hydroxyl groups is 1. The Morgan fingerprint density at radius 1 is 1.04 bits per heavy atom. The van der Waals surface area contributed by atoms with E-state index in [2.05, 4.69) is 4.99 Å². The number of carbonyl (C=O) groups excluding carboxylic acids is 1. The average Bonchev–Trinajstić information content (AvgIpc) is 2.83. The van der Waals surface area contributed by atoms with Crippen LogP contribution >= 0.6 is 0 Å². The highest BCUT2D eigenvalue weighted by Gasteiger charge is 2.65. The summed E-state index contributed by atoms with van der Waals surface area (Å²) in [6, 6.07) is 12.7. The molecule has 1 N–H and O–H groups in total. The van der Waals surface area contributed by atoms with E-state index in [0.717, 1.165) is 17.0 Å². The number of rotatable bonds is 3. The Morgan fingerprint density at radius 2 is 1.64 bits per heavy atom. The minimum atomic E-state index is -5.26. The van der Waals surface area contributed by atoms with E-state index in [0.29, 0.717) is 5.56 Å². The van der Waals surface area contributed by atoms with Crippen LogP contribution < -0.4 is 0 Å². The molecule has 4 nitrogen and oxygen atoms in total. The van der Waals surface area contributed by atoms with Crippen LogP contribution in [0.2, 0.25) is 0 Å². The molecular formula is C17H12F4N2O2. The third-order valence-corrected chi connectivity index (χ3v) is 3.75. The van der Waals surface area contributed by atoms with Crippen LogP contribution in [0.15, 0.2) is 59.6 Å². The van der Waals surface area contributed by atoms with Gasteiger partial charge in [0.15, 0.2) is 0 Å². The van der Waals surface area contributed by atoms with Gasteiger partial charge < -0.3 is 5.11 Å². The molecule has 2 aromatic rings. The maximum Gasteiger partial charge on any atom is 0.448 e. The fourth-order valence-corrected chi connectivity index (χ4v) is 2.46. The zero-order chi connectivity index (χ0) is 18.2. The van der Waals surface area contributed by atoms with Crippen molar-refractivity contribution in [2.45, 2.75) is 18.4 Å². The summed E-state index contributed by atoms with van der Waals surface area (Å²) in [4.78, 5) is 16.3. The second kappa shape index (κ2) is 5.96. The molecule has 0 radical (unpaired) electrons. The van der Waals surface area contributed by atoms with E-state index < -0.39 is 23.6 Å². The quantitative estimate of drug-likeness (QED) is 0.864. The first-order chi connectivity index (χ1) is 11.7. The lowest BCUT2D eigenvalue weighted by Crippen LogP contribution is -2.52. The van der Waals surface area contributed by atoms with Gasteiger partial charge in [0.1, 0.15) is 11.7 Å². The minimum absolute atomic E-state index is 0.248. The van der Waals surface area contributed by atoms with Crippen molar-refractivity contribution in [1.82, 2.24) is 4.90 Å². The maximum absolute atomic E-state index is 13.2. The molecule has 0 unspecified atom stereocenters. The Balaban J connectivity index is 2.04. The van der Waals surface area contributed by atoms with Crippen LogP contribution in [0.1, 0.15) is 11.1 Å². The van der Waals surface area contributed by atoms with Crippen LogP contribution in [0.4, 0.5) is 17.6 Å². The van der Waals surface area contributed by atoms with Crippen LogP contribution in [0, 0.1) is 5.82 Å². The Hall–Kier alpha value is -2.74. The fourth-order valence-electron chi connectivity index (χ4n) is 2.46. The van der Waals surface area contributed by atoms with Gasteiger partial charge in [-0.05, 0) is 17.7 Å². The van der Waals surface area contributed by atoms with Crippen molar-refractivity contribution in [3.05, 3.63) is 71.5 Å². The zero-order valence-corrected chi connectivity index (χ0v) is 12.7. The van der Waals surface area contributed by atoms with Crippen molar-refractivity contribution < 1.29 is 27.5 Å². The number of nitrogens with zero attached hydrogens (tertiary/aromatic N) is 2. The normalized spacial score (nSPS) is 20.8. The van der Waals surface area contributed by atoms with Gasteiger partial charge in [-0.3, -0.25) is 9.69 Å². The summed E-state index contributed by atoms with van der Waals surface area (Å²) >= 11 is 0. The molecule has 0 aromatic heterocycles. The SMILES string of the molecule is O=C1N(Cc2ccc(F)cc2)C(c2ccccc2)=N[C@]1(O)C(F)(F)F. The summed E-state index contributed by atoms with van der Waals surface area (Å²) in [6.07, 6.45) is -5.26. The molecule has 1 aliphatic heterocycles. The minimum Gasteiger partial charge on any atom is -0.355 e. The second-order valence-corrected chi connectivity index (χ2v) is 5.49. The van der Waals surface area contributed by atoms with E-state index in [1.165, 1.54) is 24.3 Å². The van der Waals surface area contributed by atoms with Gasteiger partial charge in [0.2, 0.25) is 0 Å². The number of halogens is 4. The van der Waals surface area contributed by atoms with Gasteiger partial charge in [0, 0.05) is 5.56 Å². The van der Waals surface area contributed by atoms with Crippen LogP contribution in [0.25, 0.3) is 0 Å². The van der Waals surface area contributed by atoms with Crippen LogP contribution in [-0.2, 0) is 11.3 Å². The molecule has 1 amide bonds. The number of amides is 1. The monoisotopic (exact) mass is 352 g/mol. The third kappa shape index (κ3) is 3.00. The summed E-state index contributed by atoms with van der Waals surface area (Å²) in [7, 11) is 0. The number of hydrogen-bond acceptors (Lipinski definition) is 3. The number of benzene rings is 2. The maximum atomic E-state index is 13.2. The van der Waals surface area contributed by atoms with Gasteiger partial charge in [-0.2, -0.15) is 13.2 Å². The molecule has 0 saturated heterocycles. The molecule has 1 atom stereocenters. The molecule has 2 aromatic carbocycles. The summed E-state index contributed by atoms with van der Waals surface area (Å²) in [5, 5.41) is 9.86. The molecule has 0 aliphatic carbocycles. The number of amidine groups is 1. The van der Waals surface area contributed by atoms with Crippen LogP contribution in [0.5, 0.6) is 0 Å². The second-order valence-electron chi connectivity index (χ2n) is 5.49. The van der Waals surface area contributed by atoms with Crippen LogP contribution in [-0.4, -0.2) is 33.7 Å². The van der Waals surface area contributed by atoms with E-state index in [9.17, 15) is 27.5 Å². The Kier molecular flexibility index (Phi) is 4.08. The first-order valence-electron chi connectivity index (χ1n) is 7.23. The highest BCUT2D eigenvalue weighted by molar-refractivity contribution is 6.14. The molecule has 0 spiro atoms. The Labute approximate surface area is 140 Å². The fraction of sp³-hybridized carbons (Fsp3) is 0.176. The number of carbonyl (C=O) groups is 1. The zero-order valence-electron chi connectivity index (χ0n) is 12.7. The highest BCUT2D eigenvalue weighted by atomic mass is 19.4. The molecule has 1 aliphatic rings. The largest absolute Gasteiger partial charge is 0.448 e. The topological polar surface area (TPSA) is 52.9 Å². The van der Waals surface area contributed by atoms with Crippen molar-refractivity contribution in [1.29, 1.82) is 0 Å². The first-order valence-corrected chi connectivity index (χ1v) is 7.23. The van der Waals surface area contributed by atoms with E-state index in [4.69, 9.17) is 0 Å². The lowest BCUT2D eigenvalue weighted by molar-refractivity contribution is -0.248. The third-order valence-electron chi connectivity index (χ3n) is 3.75. The molecule has 0 fully saturated rings. The van der Waals surface area contributed by atoms with Gasteiger partial charge in [-0.25, -0.2) is 9.38 Å². The molecule has 0 bridgehead atoms. The molecule has 25 heavy (non-hydrogen) atoms. The summed E-state index contributed by atoms with van der Waals surface area (Å²) < 4.78 is 52.6. The Morgan fingerprint density at radius 3 is 2.20 bits per heavy atom. The number of alkyl halides is 3. The first kappa shape index (κ1) is 17.1. The summed E-state index contributed by atoms with van der Waals surface area (Å²) in [6.45, 7) is -0.286. The number of hydrogen-bond donors (Lipinski definition) is 1. The van der Waals surface area contributed by atoms with E-state index in [1.54, 1.807) is 18.2 Å². The molecule has 130 valence electrons. The van der Waals surface area contributed by atoms with Gasteiger partial charge in [0.05, 0.1) is 6.54 Å². The molecule has 1 heterocycles. The van der Waals surface area contributed by atoms with Crippen molar-refractivity contribution in [2.75, 3.05) is 0 Å². The molecule has 3 rings (SSSR count). The predicted octanol–water partition coefficient (Wildman–Crippen LogP) is 2.87. The van der Waals surface area contributed by atoms with Crippen LogP contribution in [0.3, 0.4) is 0 Å². The number of aliphatic imine (C=N–C) groups is 1. The van der Waals surface area contributed by atoms with E-state index >= 15 is 0 Å².